The van der Waals surface area contributed by atoms with E-state index in [4.69, 9.17) is 23.2 Å². The molecular weight excluding hydrogens is 403 g/mol. The van der Waals surface area contributed by atoms with Crippen LogP contribution >= 0.6 is 34.5 Å². The summed E-state index contributed by atoms with van der Waals surface area (Å²) in [5.74, 6) is 0.764. The Labute approximate surface area is 167 Å². The van der Waals surface area contributed by atoms with Gasteiger partial charge in [-0.15, -0.1) is 11.3 Å². The van der Waals surface area contributed by atoms with Gasteiger partial charge in [0, 0.05) is 33.6 Å². The molecule has 0 bridgehead atoms. The van der Waals surface area contributed by atoms with E-state index in [1.54, 1.807) is 36.1 Å². The molecule has 5 aromatic rings. The Balaban J connectivity index is 1.77. The molecule has 6 nitrogen and oxygen atoms in total. The smallest absolute Gasteiger partial charge is 0.161 e. The Morgan fingerprint density at radius 2 is 1.85 bits per heavy atom. The standard InChI is InChI=1S/C18H10Cl2N6S/c19-9-1-2-10(12(20)5-9)11-6-13(27-16(11)18-21-3-4-22-18)14-15-17(25-7-23-14)26-8-24-15/h1-8H,(H,21,22)(H,23,24,25,26). The minimum absolute atomic E-state index is 0.576. The lowest BCUT2D eigenvalue weighted by atomic mass is 10.1. The van der Waals surface area contributed by atoms with E-state index in [0.717, 1.165) is 37.9 Å². The Bertz CT molecular complexity index is 1260. The fourth-order valence-electron chi connectivity index (χ4n) is 2.93. The second-order valence-electron chi connectivity index (χ2n) is 5.74. The highest BCUT2D eigenvalue weighted by atomic mass is 35.5. The quantitative estimate of drug-likeness (QED) is 0.412. The molecule has 0 fully saturated rings. The van der Waals surface area contributed by atoms with Gasteiger partial charge >= 0.3 is 0 Å². The van der Waals surface area contributed by atoms with Crippen LogP contribution in [0.1, 0.15) is 0 Å². The van der Waals surface area contributed by atoms with Crippen molar-refractivity contribution in [3.63, 3.8) is 0 Å². The van der Waals surface area contributed by atoms with Crippen LogP contribution in [0.25, 0.3) is 43.6 Å². The van der Waals surface area contributed by atoms with Gasteiger partial charge in [0.2, 0.25) is 0 Å². The first-order valence-electron chi connectivity index (χ1n) is 7.94. The first-order chi connectivity index (χ1) is 13.2. The SMILES string of the molecule is Clc1ccc(-c2cc(-c3ncnc4[nH]cnc34)sc2-c2ncc[nH]2)c(Cl)c1. The number of rotatable bonds is 3. The zero-order valence-electron chi connectivity index (χ0n) is 13.6. The number of nitrogens with zero attached hydrogens (tertiary/aromatic N) is 4. The largest absolute Gasteiger partial charge is 0.344 e. The average Bonchev–Trinajstić information content (AvgIpc) is 3.40. The fraction of sp³-hybridized carbons (Fsp3) is 0. The Kier molecular flexibility index (Phi) is 3.93. The molecule has 4 heterocycles. The Morgan fingerprint density at radius 3 is 2.67 bits per heavy atom. The number of imidazole rings is 2. The van der Waals surface area contributed by atoms with Crippen LogP contribution in [-0.4, -0.2) is 29.9 Å². The number of thiophene rings is 1. The van der Waals surface area contributed by atoms with E-state index in [0.29, 0.717) is 15.7 Å². The lowest BCUT2D eigenvalue weighted by molar-refractivity contribution is 1.21. The molecule has 0 saturated heterocycles. The van der Waals surface area contributed by atoms with E-state index in [-0.39, 0.29) is 0 Å². The van der Waals surface area contributed by atoms with Crippen molar-refractivity contribution in [2.75, 3.05) is 0 Å². The lowest BCUT2D eigenvalue weighted by Gasteiger charge is -2.05. The summed E-state index contributed by atoms with van der Waals surface area (Å²) in [6.45, 7) is 0. The van der Waals surface area contributed by atoms with Gasteiger partial charge in [0.1, 0.15) is 23.4 Å². The van der Waals surface area contributed by atoms with Gasteiger partial charge in [-0.05, 0) is 18.2 Å². The van der Waals surface area contributed by atoms with Crippen LogP contribution in [0, 0.1) is 0 Å². The zero-order chi connectivity index (χ0) is 18.4. The van der Waals surface area contributed by atoms with Crippen molar-refractivity contribution in [3.8, 4) is 32.4 Å². The van der Waals surface area contributed by atoms with E-state index in [1.165, 1.54) is 6.33 Å². The van der Waals surface area contributed by atoms with E-state index in [9.17, 15) is 0 Å². The van der Waals surface area contributed by atoms with Crippen LogP contribution in [0.2, 0.25) is 10.0 Å². The van der Waals surface area contributed by atoms with E-state index in [2.05, 4.69) is 29.9 Å². The van der Waals surface area contributed by atoms with Gasteiger partial charge in [-0.25, -0.2) is 19.9 Å². The van der Waals surface area contributed by atoms with Crippen LogP contribution in [0.15, 0.2) is 49.3 Å². The highest BCUT2D eigenvalue weighted by molar-refractivity contribution is 7.19. The molecule has 1 aromatic carbocycles. The number of benzene rings is 1. The Morgan fingerprint density at radius 1 is 0.926 bits per heavy atom. The topological polar surface area (TPSA) is 83.1 Å². The number of hydrogen-bond acceptors (Lipinski definition) is 5. The first-order valence-corrected chi connectivity index (χ1v) is 9.51. The third-order valence-electron chi connectivity index (χ3n) is 4.12. The summed E-state index contributed by atoms with van der Waals surface area (Å²) in [5.41, 5.74) is 4.00. The molecule has 4 aromatic heterocycles. The Hall–Kier alpha value is -2.74. The van der Waals surface area contributed by atoms with Crippen LogP contribution in [0.3, 0.4) is 0 Å². The molecule has 2 N–H and O–H groups in total. The predicted octanol–water partition coefficient (Wildman–Crippen LogP) is 5.45. The number of H-pyrrole nitrogens is 2. The van der Waals surface area contributed by atoms with Crippen LogP contribution in [0.5, 0.6) is 0 Å². The van der Waals surface area contributed by atoms with Gasteiger partial charge in [0.15, 0.2) is 5.65 Å². The van der Waals surface area contributed by atoms with Gasteiger partial charge in [-0.3, -0.25) is 0 Å². The van der Waals surface area contributed by atoms with E-state index in [1.807, 2.05) is 18.2 Å². The zero-order valence-corrected chi connectivity index (χ0v) is 15.9. The highest BCUT2D eigenvalue weighted by Crippen LogP contribution is 2.44. The molecule has 0 aliphatic rings. The summed E-state index contributed by atoms with van der Waals surface area (Å²) in [5, 5.41) is 1.17. The van der Waals surface area contributed by atoms with Gasteiger partial charge in [0.05, 0.1) is 16.1 Å². The average molecular weight is 413 g/mol. The summed E-state index contributed by atoms with van der Waals surface area (Å²) in [4.78, 5) is 25.5. The summed E-state index contributed by atoms with van der Waals surface area (Å²) in [6, 6.07) is 7.52. The molecule has 0 saturated carbocycles. The van der Waals surface area contributed by atoms with Crippen LogP contribution in [0.4, 0.5) is 0 Å². The third kappa shape index (κ3) is 2.80. The number of halogens is 2. The van der Waals surface area contributed by atoms with Gasteiger partial charge < -0.3 is 9.97 Å². The molecule has 5 rings (SSSR count). The summed E-state index contributed by atoms with van der Waals surface area (Å²) in [6.07, 6.45) is 6.65. The number of hydrogen-bond donors (Lipinski definition) is 2. The van der Waals surface area contributed by atoms with E-state index >= 15 is 0 Å². The number of nitrogens with one attached hydrogen (secondary N) is 2. The van der Waals surface area contributed by atoms with Crippen molar-refractivity contribution in [1.29, 1.82) is 0 Å². The maximum absolute atomic E-state index is 6.48. The monoisotopic (exact) mass is 412 g/mol. The third-order valence-corrected chi connectivity index (χ3v) is 5.81. The molecule has 0 radical (unpaired) electrons. The number of aromatic nitrogens is 6. The van der Waals surface area contributed by atoms with Crippen molar-refractivity contribution in [2.24, 2.45) is 0 Å². The van der Waals surface area contributed by atoms with Crippen LogP contribution < -0.4 is 0 Å². The summed E-state index contributed by atoms with van der Waals surface area (Å²) < 4.78 is 0. The molecule has 0 spiro atoms. The second kappa shape index (κ2) is 6.45. The maximum atomic E-state index is 6.48. The molecule has 0 unspecified atom stereocenters. The fourth-order valence-corrected chi connectivity index (χ4v) is 4.57. The molecule has 27 heavy (non-hydrogen) atoms. The second-order valence-corrected chi connectivity index (χ2v) is 7.63. The molecule has 0 amide bonds. The minimum Gasteiger partial charge on any atom is -0.344 e. The summed E-state index contributed by atoms with van der Waals surface area (Å²) >= 11 is 14.1. The van der Waals surface area contributed by atoms with Gasteiger partial charge in [-0.1, -0.05) is 29.3 Å². The normalized spacial score (nSPS) is 11.3. The van der Waals surface area contributed by atoms with Crippen molar-refractivity contribution >= 4 is 45.7 Å². The molecule has 0 atom stereocenters. The number of fused-ring (bicyclic) bond motifs is 1. The first kappa shape index (κ1) is 16.4. The lowest BCUT2D eigenvalue weighted by Crippen LogP contribution is -1.85. The highest BCUT2D eigenvalue weighted by Gasteiger charge is 2.20. The van der Waals surface area contributed by atoms with Crippen molar-refractivity contribution < 1.29 is 0 Å². The maximum Gasteiger partial charge on any atom is 0.161 e. The molecular formula is C18H10Cl2N6S. The minimum atomic E-state index is 0.576. The molecule has 0 aliphatic carbocycles. The van der Waals surface area contributed by atoms with Gasteiger partial charge in [-0.2, -0.15) is 0 Å². The van der Waals surface area contributed by atoms with Gasteiger partial charge in [0.25, 0.3) is 0 Å². The molecule has 132 valence electrons. The van der Waals surface area contributed by atoms with Crippen molar-refractivity contribution in [1.82, 2.24) is 29.9 Å². The predicted molar refractivity (Wildman–Crippen MR) is 108 cm³/mol. The number of aromatic amines is 2. The van der Waals surface area contributed by atoms with Crippen LogP contribution in [-0.2, 0) is 0 Å². The molecule has 0 aliphatic heterocycles. The summed E-state index contributed by atoms with van der Waals surface area (Å²) in [7, 11) is 0. The van der Waals surface area contributed by atoms with Crippen molar-refractivity contribution in [2.45, 2.75) is 0 Å². The van der Waals surface area contributed by atoms with Crippen molar-refractivity contribution in [3.05, 3.63) is 59.4 Å². The van der Waals surface area contributed by atoms with E-state index < -0.39 is 0 Å². The molecule has 9 heteroatoms.